The topological polar surface area (TPSA) is 82.0 Å². The Morgan fingerprint density at radius 2 is 2.27 bits per heavy atom. The highest BCUT2D eigenvalue weighted by molar-refractivity contribution is 9.10. The second-order valence-corrected chi connectivity index (χ2v) is 3.45. The number of pyridine rings is 1. The van der Waals surface area contributed by atoms with Crippen LogP contribution in [0.15, 0.2) is 10.5 Å². The predicted molar refractivity (Wildman–Crippen MR) is 51.4 cm³/mol. The van der Waals surface area contributed by atoms with Gasteiger partial charge in [0.1, 0.15) is 5.56 Å². The summed E-state index contributed by atoms with van der Waals surface area (Å²) in [7, 11) is 0. The maximum absolute atomic E-state index is 12.4. The summed E-state index contributed by atoms with van der Waals surface area (Å²) in [5.41, 5.74) is 4.70. The van der Waals surface area contributed by atoms with Crippen LogP contribution in [0.1, 0.15) is 17.7 Å². The smallest absolute Gasteiger partial charge is 0.358 e. The number of nitrogens with two attached hydrogens (primary N) is 1. The van der Waals surface area contributed by atoms with Gasteiger partial charge in [0.05, 0.1) is 11.0 Å². The van der Waals surface area contributed by atoms with Crippen LogP contribution in [-0.2, 0) is 6.54 Å². The molecule has 1 aromatic heterocycles. The van der Waals surface area contributed by atoms with Gasteiger partial charge in [0.25, 0.3) is 6.43 Å². The zero-order valence-corrected chi connectivity index (χ0v) is 8.87. The summed E-state index contributed by atoms with van der Waals surface area (Å²) in [5, 5.41) is 10.5. The van der Waals surface area contributed by atoms with Crippen LogP contribution >= 0.6 is 15.9 Å². The van der Waals surface area contributed by atoms with Gasteiger partial charge < -0.3 is 15.8 Å². The van der Waals surface area contributed by atoms with E-state index < -0.39 is 22.7 Å². The third kappa shape index (κ3) is 2.45. The molecule has 0 saturated heterocycles. The zero-order valence-electron chi connectivity index (χ0n) is 7.28. The van der Waals surface area contributed by atoms with E-state index in [1.807, 2.05) is 0 Å². The molecular formula is C7H6BrF2N3O2. The van der Waals surface area contributed by atoms with Crippen LogP contribution in [0.5, 0.6) is 0 Å². The highest BCUT2D eigenvalue weighted by Crippen LogP contribution is 2.31. The van der Waals surface area contributed by atoms with Crippen molar-refractivity contribution in [2.45, 2.75) is 13.0 Å². The number of nitrogens with zero attached hydrogens (tertiary/aromatic N) is 2. The Balaban J connectivity index is 3.39. The van der Waals surface area contributed by atoms with Crippen molar-refractivity contribution < 1.29 is 13.7 Å². The van der Waals surface area contributed by atoms with Gasteiger partial charge in [-0.25, -0.2) is 8.78 Å². The van der Waals surface area contributed by atoms with Crippen LogP contribution < -0.4 is 5.73 Å². The van der Waals surface area contributed by atoms with E-state index in [2.05, 4.69) is 20.9 Å². The molecule has 1 aromatic rings. The molecule has 0 aliphatic carbocycles. The number of hydrogen-bond donors (Lipinski definition) is 1. The maximum Gasteiger partial charge on any atom is 0.372 e. The van der Waals surface area contributed by atoms with E-state index in [-0.39, 0.29) is 16.7 Å². The third-order valence-electron chi connectivity index (χ3n) is 1.66. The van der Waals surface area contributed by atoms with E-state index in [1.165, 1.54) is 0 Å². The lowest BCUT2D eigenvalue weighted by Gasteiger charge is -2.03. The van der Waals surface area contributed by atoms with Crippen molar-refractivity contribution in [3.63, 3.8) is 0 Å². The Labute approximate surface area is 91.6 Å². The second kappa shape index (κ2) is 4.58. The SMILES string of the molecule is NCc1nc([N+](=O)[O-])c(C(F)F)cc1Br. The second-order valence-electron chi connectivity index (χ2n) is 2.59. The largest absolute Gasteiger partial charge is 0.372 e. The lowest BCUT2D eigenvalue weighted by Crippen LogP contribution is -2.06. The van der Waals surface area contributed by atoms with Crippen LogP contribution in [0.3, 0.4) is 0 Å². The molecule has 5 nitrogen and oxygen atoms in total. The van der Waals surface area contributed by atoms with Gasteiger partial charge in [-0.1, -0.05) is 0 Å². The summed E-state index contributed by atoms with van der Waals surface area (Å²) in [5.74, 6) is -0.853. The summed E-state index contributed by atoms with van der Waals surface area (Å²) in [6.07, 6.45) is -2.94. The molecule has 0 bridgehead atoms. The summed E-state index contributed by atoms with van der Waals surface area (Å²) in [6, 6.07) is 0.970. The van der Waals surface area contributed by atoms with Crippen molar-refractivity contribution >= 4 is 21.7 Å². The minimum Gasteiger partial charge on any atom is -0.358 e. The zero-order chi connectivity index (χ0) is 11.6. The summed E-state index contributed by atoms with van der Waals surface area (Å²) < 4.78 is 25.1. The first-order valence-electron chi connectivity index (χ1n) is 3.79. The quantitative estimate of drug-likeness (QED) is 0.680. The molecule has 1 heterocycles. The number of aromatic nitrogens is 1. The Morgan fingerprint density at radius 1 is 1.67 bits per heavy atom. The highest BCUT2D eigenvalue weighted by Gasteiger charge is 2.26. The molecule has 0 aliphatic rings. The summed E-state index contributed by atoms with van der Waals surface area (Å²) in [4.78, 5) is 13.0. The standard InChI is InChI=1S/C7H6BrF2N3O2/c8-4-1-3(6(9)10)7(13(14)15)12-5(4)2-11/h1,6H,2,11H2. The lowest BCUT2D eigenvalue weighted by molar-refractivity contribution is -0.391. The first kappa shape index (κ1) is 11.9. The van der Waals surface area contributed by atoms with Crippen molar-refractivity contribution in [2.75, 3.05) is 0 Å². The van der Waals surface area contributed by atoms with E-state index >= 15 is 0 Å². The molecular weight excluding hydrogens is 276 g/mol. The van der Waals surface area contributed by atoms with Crippen molar-refractivity contribution in [1.82, 2.24) is 4.98 Å². The first-order valence-corrected chi connectivity index (χ1v) is 4.58. The van der Waals surface area contributed by atoms with E-state index in [0.29, 0.717) is 0 Å². The van der Waals surface area contributed by atoms with Crippen LogP contribution in [0.4, 0.5) is 14.6 Å². The molecule has 15 heavy (non-hydrogen) atoms. The summed E-state index contributed by atoms with van der Waals surface area (Å²) in [6.45, 7) is -0.0645. The highest BCUT2D eigenvalue weighted by atomic mass is 79.9. The fourth-order valence-electron chi connectivity index (χ4n) is 0.980. The Kier molecular flexibility index (Phi) is 3.64. The molecule has 0 saturated carbocycles. The van der Waals surface area contributed by atoms with Crippen LogP contribution in [0, 0.1) is 10.1 Å². The normalized spacial score (nSPS) is 10.7. The van der Waals surface area contributed by atoms with Crippen molar-refractivity contribution in [3.05, 3.63) is 31.9 Å². The Morgan fingerprint density at radius 3 is 2.67 bits per heavy atom. The van der Waals surface area contributed by atoms with Crippen LogP contribution in [-0.4, -0.2) is 9.91 Å². The van der Waals surface area contributed by atoms with Gasteiger partial charge in [0.15, 0.2) is 5.69 Å². The van der Waals surface area contributed by atoms with Gasteiger partial charge in [0.2, 0.25) is 0 Å². The molecule has 0 amide bonds. The van der Waals surface area contributed by atoms with Crippen LogP contribution in [0.25, 0.3) is 0 Å². The number of rotatable bonds is 3. The molecule has 0 aliphatic heterocycles. The van der Waals surface area contributed by atoms with Crippen molar-refractivity contribution in [1.29, 1.82) is 0 Å². The van der Waals surface area contributed by atoms with Gasteiger partial charge in [-0.05, 0) is 31.9 Å². The molecule has 0 spiro atoms. The minimum absolute atomic E-state index is 0.0645. The van der Waals surface area contributed by atoms with Gasteiger partial charge in [0, 0.05) is 0 Å². The molecule has 0 radical (unpaired) electrons. The monoisotopic (exact) mass is 281 g/mol. The molecule has 0 atom stereocenters. The average Bonchev–Trinajstić information content (AvgIpc) is 2.16. The number of nitro groups is 1. The van der Waals surface area contributed by atoms with E-state index in [9.17, 15) is 18.9 Å². The Hall–Kier alpha value is -1.15. The van der Waals surface area contributed by atoms with E-state index in [1.54, 1.807) is 0 Å². The molecule has 0 fully saturated rings. The fraction of sp³-hybridized carbons (Fsp3) is 0.286. The van der Waals surface area contributed by atoms with Crippen molar-refractivity contribution in [2.24, 2.45) is 5.73 Å². The molecule has 2 N–H and O–H groups in total. The molecule has 82 valence electrons. The molecule has 8 heteroatoms. The fourth-order valence-corrected chi connectivity index (χ4v) is 1.48. The van der Waals surface area contributed by atoms with Gasteiger partial charge in [-0.2, -0.15) is 0 Å². The molecule has 0 unspecified atom stereocenters. The number of halogens is 3. The predicted octanol–water partition coefficient (Wildman–Crippen LogP) is 2.15. The molecule has 0 aromatic carbocycles. The van der Waals surface area contributed by atoms with Crippen LogP contribution in [0.2, 0.25) is 0 Å². The number of hydrogen-bond acceptors (Lipinski definition) is 4. The lowest BCUT2D eigenvalue weighted by atomic mass is 10.2. The maximum atomic E-state index is 12.4. The third-order valence-corrected chi connectivity index (χ3v) is 2.34. The summed E-state index contributed by atoms with van der Waals surface area (Å²) >= 11 is 2.96. The molecule has 1 rings (SSSR count). The van der Waals surface area contributed by atoms with Crippen molar-refractivity contribution in [3.8, 4) is 0 Å². The van der Waals surface area contributed by atoms with E-state index in [0.717, 1.165) is 6.07 Å². The number of alkyl halides is 2. The van der Waals surface area contributed by atoms with E-state index in [4.69, 9.17) is 5.73 Å². The average molecular weight is 282 g/mol. The van der Waals surface area contributed by atoms with Gasteiger partial charge in [-0.15, -0.1) is 0 Å². The first-order chi connectivity index (χ1) is 6.97. The Bertz CT molecular complexity index is 400. The minimum atomic E-state index is -2.94. The van der Waals surface area contributed by atoms with Gasteiger partial charge >= 0.3 is 5.82 Å². The van der Waals surface area contributed by atoms with Gasteiger partial charge in [-0.3, -0.25) is 0 Å².